The van der Waals surface area contributed by atoms with Gasteiger partial charge in [-0.3, -0.25) is 9.59 Å². The van der Waals surface area contributed by atoms with Crippen molar-refractivity contribution in [2.75, 3.05) is 45.7 Å². The average molecular weight is 342 g/mol. The molecule has 1 aromatic carbocycles. The zero-order valence-corrected chi connectivity index (χ0v) is 14.6. The van der Waals surface area contributed by atoms with Crippen molar-refractivity contribution in [1.82, 2.24) is 10.2 Å². The standard InChI is InChI=1S/C16H23N3O3.ClH/c1-17-8-9-18(2)16(21)12-10-15(20)19(11-12)13-4-6-14(22-3)7-5-13;/h4-7,12,17H,8-11H2,1-3H3;1H. The van der Waals surface area contributed by atoms with Gasteiger partial charge in [-0.25, -0.2) is 0 Å². The monoisotopic (exact) mass is 341 g/mol. The summed E-state index contributed by atoms with van der Waals surface area (Å²) in [4.78, 5) is 27.9. The summed E-state index contributed by atoms with van der Waals surface area (Å²) in [5.74, 6) is 0.497. The molecular formula is C16H24ClN3O3. The first kappa shape index (κ1) is 19.3. The molecular weight excluding hydrogens is 318 g/mol. The van der Waals surface area contributed by atoms with Crippen molar-refractivity contribution in [3.63, 3.8) is 0 Å². The van der Waals surface area contributed by atoms with Crippen molar-refractivity contribution in [3.8, 4) is 5.75 Å². The first-order chi connectivity index (χ1) is 10.6. The molecule has 23 heavy (non-hydrogen) atoms. The van der Waals surface area contributed by atoms with Crippen molar-refractivity contribution in [3.05, 3.63) is 24.3 Å². The van der Waals surface area contributed by atoms with Crippen LogP contribution in [0, 0.1) is 5.92 Å². The number of amides is 2. The maximum Gasteiger partial charge on any atom is 0.227 e. The molecule has 2 rings (SSSR count). The molecule has 6 nitrogen and oxygen atoms in total. The van der Waals surface area contributed by atoms with E-state index in [0.29, 0.717) is 13.1 Å². The maximum absolute atomic E-state index is 12.4. The number of carbonyl (C=O) groups is 2. The van der Waals surface area contributed by atoms with E-state index < -0.39 is 0 Å². The summed E-state index contributed by atoms with van der Waals surface area (Å²) < 4.78 is 5.12. The second-order valence-corrected chi connectivity index (χ2v) is 5.47. The first-order valence-electron chi connectivity index (χ1n) is 7.40. The third kappa shape index (κ3) is 4.59. The molecule has 0 saturated carbocycles. The fraction of sp³-hybridized carbons (Fsp3) is 0.500. The number of nitrogens with zero attached hydrogens (tertiary/aromatic N) is 2. The predicted molar refractivity (Wildman–Crippen MR) is 92.3 cm³/mol. The number of carbonyl (C=O) groups excluding carboxylic acids is 2. The lowest BCUT2D eigenvalue weighted by Crippen LogP contribution is -2.38. The maximum atomic E-state index is 12.4. The van der Waals surface area contributed by atoms with Crippen LogP contribution in [0.3, 0.4) is 0 Å². The molecule has 0 spiro atoms. The van der Waals surface area contributed by atoms with Gasteiger partial charge in [-0.15, -0.1) is 12.4 Å². The summed E-state index contributed by atoms with van der Waals surface area (Å²) in [6.07, 6.45) is 0.273. The van der Waals surface area contributed by atoms with Gasteiger partial charge in [0.15, 0.2) is 0 Å². The Bertz CT molecular complexity index is 536. The van der Waals surface area contributed by atoms with E-state index in [1.807, 2.05) is 31.3 Å². The van der Waals surface area contributed by atoms with Gasteiger partial charge in [0.2, 0.25) is 11.8 Å². The van der Waals surface area contributed by atoms with Gasteiger partial charge in [-0.1, -0.05) is 0 Å². The van der Waals surface area contributed by atoms with E-state index in [4.69, 9.17) is 4.74 Å². The van der Waals surface area contributed by atoms with Crippen molar-refractivity contribution in [1.29, 1.82) is 0 Å². The second kappa shape index (κ2) is 8.74. The third-order valence-electron chi connectivity index (χ3n) is 3.93. The summed E-state index contributed by atoms with van der Waals surface area (Å²) >= 11 is 0. The zero-order chi connectivity index (χ0) is 16.1. The molecule has 128 valence electrons. The molecule has 1 aromatic rings. The lowest BCUT2D eigenvalue weighted by molar-refractivity contribution is -0.134. The normalized spacial score (nSPS) is 16.9. The summed E-state index contributed by atoms with van der Waals surface area (Å²) in [5.41, 5.74) is 0.805. The number of hydrogen-bond acceptors (Lipinski definition) is 4. The van der Waals surface area contributed by atoms with Crippen LogP contribution in [-0.4, -0.2) is 57.6 Å². The molecule has 1 aliphatic rings. The molecule has 1 aliphatic heterocycles. The number of benzene rings is 1. The summed E-state index contributed by atoms with van der Waals surface area (Å²) in [6, 6.07) is 7.32. The Morgan fingerprint density at radius 3 is 2.61 bits per heavy atom. The summed E-state index contributed by atoms with van der Waals surface area (Å²) in [7, 11) is 5.23. The fourth-order valence-corrected chi connectivity index (χ4v) is 2.59. The molecule has 2 amide bonds. The van der Waals surface area contributed by atoms with Crippen LogP contribution in [0.1, 0.15) is 6.42 Å². The highest BCUT2D eigenvalue weighted by Crippen LogP contribution is 2.27. The van der Waals surface area contributed by atoms with Crippen LogP contribution in [-0.2, 0) is 9.59 Å². The Morgan fingerprint density at radius 1 is 1.39 bits per heavy atom. The SMILES string of the molecule is CNCCN(C)C(=O)C1CC(=O)N(c2ccc(OC)cc2)C1.Cl. The van der Waals surface area contributed by atoms with Crippen LogP contribution in [0.5, 0.6) is 5.75 Å². The van der Waals surface area contributed by atoms with Crippen LogP contribution in [0.4, 0.5) is 5.69 Å². The number of anilines is 1. The van der Waals surface area contributed by atoms with E-state index in [1.165, 1.54) is 0 Å². The van der Waals surface area contributed by atoms with Gasteiger partial charge in [0.25, 0.3) is 0 Å². The van der Waals surface area contributed by atoms with Gasteiger partial charge in [0.1, 0.15) is 5.75 Å². The lowest BCUT2D eigenvalue weighted by atomic mass is 10.1. The van der Waals surface area contributed by atoms with E-state index in [2.05, 4.69) is 5.32 Å². The molecule has 0 aromatic heterocycles. The van der Waals surface area contributed by atoms with Crippen LogP contribution < -0.4 is 15.0 Å². The van der Waals surface area contributed by atoms with Crippen molar-refractivity contribution >= 4 is 29.9 Å². The molecule has 1 N–H and O–H groups in total. The zero-order valence-electron chi connectivity index (χ0n) is 13.7. The fourth-order valence-electron chi connectivity index (χ4n) is 2.59. The average Bonchev–Trinajstić information content (AvgIpc) is 2.93. The molecule has 1 heterocycles. The molecule has 1 saturated heterocycles. The number of halogens is 1. The van der Waals surface area contributed by atoms with Crippen molar-refractivity contribution in [2.45, 2.75) is 6.42 Å². The third-order valence-corrected chi connectivity index (χ3v) is 3.93. The van der Waals surface area contributed by atoms with Crippen molar-refractivity contribution in [2.24, 2.45) is 5.92 Å². The topological polar surface area (TPSA) is 61.9 Å². The van der Waals surface area contributed by atoms with Gasteiger partial charge >= 0.3 is 0 Å². The number of nitrogens with one attached hydrogen (secondary N) is 1. The highest BCUT2D eigenvalue weighted by atomic mass is 35.5. The summed E-state index contributed by atoms with van der Waals surface area (Å²) in [5, 5.41) is 3.02. The van der Waals surface area contributed by atoms with E-state index >= 15 is 0 Å². The first-order valence-corrected chi connectivity index (χ1v) is 7.40. The van der Waals surface area contributed by atoms with E-state index in [-0.39, 0.29) is 36.6 Å². The van der Waals surface area contributed by atoms with E-state index in [9.17, 15) is 9.59 Å². The molecule has 7 heteroatoms. The van der Waals surface area contributed by atoms with E-state index in [0.717, 1.165) is 18.0 Å². The minimum atomic E-state index is -0.267. The molecule has 0 radical (unpaired) electrons. The van der Waals surface area contributed by atoms with Gasteiger partial charge < -0.3 is 19.9 Å². The number of ether oxygens (including phenoxy) is 1. The quantitative estimate of drug-likeness (QED) is 0.843. The van der Waals surface area contributed by atoms with Crippen LogP contribution >= 0.6 is 12.4 Å². The van der Waals surface area contributed by atoms with Crippen molar-refractivity contribution < 1.29 is 14.3 Å². The highest BCUT2D eigenvalue weighted by molar-refractivity contribution is 6.00. The van der Waals surface area contributed by atoms with Gasteiger partial charge in [-0.05, 0) is 31.3 Å². The lowest BCUT2D eigenvalue weighted by Gasteiger charge is -2.21. The minimum Gasteiger partial charge on any atom is -0.497 e. The largest absolute Gasteiger partial charge is 0.497 e. The minimum absolute atomic E-state index is 0. The molecule has 0 bridgehead atoms. The molecule has 1 atom stereocenters. The number of methoxy groups -OCH3 is 1. The van der Waals surface area contributed by atoms with Gasteiger partial charge in [-0.2, -0.15) is 0 Å². The Morgan fingerprint density at radius 2 is 2.04 bits per heavy atom. The van der Waals surface area contributed by atoms with Gasteiger partial charge in [0, 0.05) is 38.8 Å². The molecule has 0 aliphatic carbocycles. The predicted octanol–water partition coefficient (Wildman–Crippen LogP) is 1.15. The molecule has 1 fully saturated rings. The van der Waals surface area contributed by atoms with Crippen LogP contribution in [0.25, 0.3) is 0 Å². The van der Waals surface area contributed by atoms with Gasteiger partial charge in [0.05, 0.1) is 13.0 Å². The Hall–Kier alpha value is -1.79. The second-order valence-electron chi connectivity index (χ2n) is 5.47. The smallest absolute Gasteiger partial charge is 0.227 e. The van der Waals surface area contributed by atoms with Crippen LogP contribution in [0.2, 0.25) is 0 Å². The Kier molecular flexibility index (Phi) is 7.32. The number of hydrogen-bond donors (Lipinski definition) is 1. The molecule has 1 unspecified atom stereocenters. The van der Waals surface area contributed by atoms with Crippen LogP contribution in [0.15, 0.2) is 24.3 Å². The Balaban J connectivity index is 0.00000264. The Labute approximate surface area is 143 Å². The highest BCUT2D eigenvalue weighted by Gasteiger charge is 2.36. The number of likely N-dealkylation sites (N-methyl/N-ethyl adjacent to an activating group) is 2. The number of rotatable bonds is 6. The summed E-state index contributed by atoms with van der Waals surface area (Å²) in [6.45, 7) is 1.82. The van der Waals surface area contributed by atoms with E-state index in [1.54, 1.807) is 24.0 Å².